The molecule has 0 bridgehead atoms. The number of anilines is 2. The number of carbonyl (C=O) groups is 1. The molecule has 128 valence electrons. The van der Waals surface area contributed by atoms with E-state index in [0.29, 0.717) is 17.9 Å². The number of hydrogen-bond acceptors (Lipinski definition) is 5. The third kappa shape index (κ3) is 2.84. The van der Waals surface area contributed by atoms with E-state index in [1.807, 2.05) is 37.4 Å². The normalized spacial score (nSPS) is 18.3. The van der Waals surface area contributed by atoms with E-state index in [1.54, 1.807) is 12.4 Å². The van der Waals surface area contributed by atoms with Gasteiger partial charge < -0.3 is 11.1 Å². The lowest BCUT2D eigenvalue weighted by molar-refractivity contribution is -0.117. The number of hydrogen-bond donors (Lipinski definition) is 2. The number of aryl methyl sites for hydroxylation is 1. The predicted molar refractivity (Wildman–Crippen MR) is 100.0 cm³/mol. The van der Waals surface area contributed by atoms with Crippen LogP contribution in [0.15, 0.2) is 42.9 Å². The van der Waals surface area contributed by atoms with Gasteiger partial charge in [-0.05, 0) is 59.7 Å². The van der Waals surface area contributed by atoms with E-state index < -0.39 is 0 Å². The molecule has 0 saturated heterocycles. The van der Waals surface area contributed by atoms with Crippen molar-refractivity contribution in [3.8, 4) is 17.2 Å². The molecule has 2 aromatic heterocycles. The third-order valence-corrected chi connectivity index (χ3v) is 4.74. The number of nitrogen functional groups attached to an aromatic ring is 1. The van der Waals surface area contributed by atoms with E-state index in [4.69, 9.17) is 11.0 Å². The number of amides is 1. The van der Waals surface area contributed by atoms with Crippen LogP contribution in [0.5, 0.6) is 0 Å². The molecule has 2 atom stereocenters. The number of nitrogens with one attached hydrogen (secondary N) is 1. The lowest BCUT2D eigenvalue weighted by Crippen LogP contribution is -2.15. The van der Waals surface area contributed by atoms with Crippen molar-refractivity contribution in [3.05, 3.63) is 48.4 Å². The van der Waals surface area contributed by atoms with Crippen LogP contribution in [0.2, 0.25) is 0 Å². The average molecular weight is 343 g/mol. The number of aromatic nitrogens is 2. The highest BCUT2D eigenvalue weighted by molar-refractivity contribution is 6.00. The first kappa shape index (κ1) is 16.0. The fourth-order valence-corrected chi connectivity index (χ4v) is 3.15. The molecular weight excluding hydrogens is 326 g/mol. The van der Waals surface area contributed by atoms with Crippen LogP contribution in [0.4, 0.5) is 11.5 Å². The van der Waals surface area contributed by atoms with Gasteiger partial charge in [-0.25, -0.2) is 4.98 Å². The Labute approximate surface area is 150 Å². The van der Waals surface area contributed by atoms with E-state index in [1.165, 1.54) is 0 Å². The molecule has 1 aliphatic rings. The number of fused-ring (bicyclic) bond motifs is 1. The second kappa shape index (κ2) is 6.12. The summed E-state index contributed by atoms with van der Waals surface area (Å²) in [5.74, 6) is -0.0904. The van der Waals surface area contributed by atoms with E-state index >= 15 is 0 Å². The molecule has 0 unspecified atom stereocenters. The van der Waals surface area contributed by atoms with Crippen LogP contribution in [-0.2, 0) is 4.79 Å². The van der Waals surface area contributed by atoms with Gasteiger partial charge in [0.05, 0.1) is 17.9 Å². The molecule has 2 heterocycles. The number of nitrogens with zero attached hydrogens (tertiary/aromatic N) is 3. The number of nitrogens with two attached hydrogens (primary N) is 1. The summed E-state index contributed by atoms with van der Waals surface area (Å²) in [5, 5.41) is 13.4. The molecule has 26 heavy (non-hydrogen) atoms. The van der Waals surface area contributed by atoms with Crippen molar-refractivity contribution in [2.24, 2.45) is 11.8 Å². The summed E-state index contributed by atoms with van der Waals surface area (Å²) in [7, 11) is 0. The van der Waals surface area contributed by atoms with Gasteiger partial charge in [0.25, 0.3) is 0 Å². The standard InChI is InChI=1S/C20H17N5O/c1-11-9-23-3-2-15(11)12-4-13-7-19(24-10-17(13)18(22)6-12)25-20(26)16-5-14(16)8-21/h2-4,6-7,9-10,14,16H,5,22H2,1H3,(H,24,25,26)/t14-,16+/m0/s1. The lowest BCUT2D eigenvalue weighted by Gasteiger charge is -2.11. The lowest BCUT2D eigenvalue weighted by atomic mass is 9.99. The number of benzene rings is 1. The maximum Gasteiger partial charge on any atom is 0.230 e. The first-order chi connectivity index (χ1) is 12.6. The van der Waals surface area contributed by atoms with Gasteiger partial charge in [0, 0.05) is 29.7 Å². The minimum absolute atomic E-state index is 0.155. The summed E-state index contributed by atoms with van der Waals surface area (Å²) in [6.07, 6.45) is 5.85. The molecule has 0 spiro atoms. The van der Waals surface area contributed by atoms with Gasteiger partial charge in [-0.1, -0.05) is 0 Å². The van der Waals surface area contributed by atoms with Gasteiger partial charge in [-0.2, -0.15) is 5.26 Å². The van der Waals surface area contributed by atoms with Crippen LogP contribution in [0.3, 0.4) is 0 Å². The Morgan fingerprint density at radius 3 is 2.92 bits per heavy atom. The van der Waals surface area contributed by atoms with E-state index in [-0.39, 0.29) is 17.7 Å². The van der Waals surface area contributed by atoms with Crippen LogP contribution < -0.4 is 11.1 Å². The van der Waals surface area contributed by atoms with Gasteiger partial charge in [-0.3, -0.25) is 9.78 Å². The van der Waals surface area contributed by atoms with Crippen molar-refractivity contribution in [3.63, 3.8) is 0 Å². The zero-order valence-electron chi connectivity index (χ0n) is 14.2. The van der Waals surface area contributed by atoms with Gasteiger partial charge in [0.15, 0.2) is 0 Å². The van der Waals surface area contributed by atoms with Crippen molar-refractivity contribution < 1.29 is 4.79 Å². The number of rotatable bonds is 3. The number of nitriles is 1. The first-order valence-electron chi connectivity index (χ1n) is 8.37. The summed E-state index contributed by atoms with van der Waals surface area (Å²) in [4.78, 5) is 20.6. The molecule has 3 aromatic rings. The molecule has 6 nitrogen and oxygen atoms in total. The predicted octanol–water partition coefficient (Wildman–Crippen LogP) is 3.29. The van der Waals surface area contributed by atoms with Crippen LogP contribution >= 0.6 is 0 Å². The Bertz CT molecular complexity index is 1070. The summed E-state index contributed by atoms with van der Waals surface area (Å²) in [6, 6.07) is 9.84. The third-order valence-electron chi connectivity index (χ3n) is 4.74. The van der Waals surface area contributed by atoms with E-state index in [0.717, 1.165) is 27.5 Å². The molecule has 3 N–H and O–H groups in total. The largest absolute Gasteiger partial charge is 0.398 e. The van der Waals surface area contributed by atoms with Gasteiger partial charge >= 0.3 is 0 Å². The fraction of sp³-hybridized carbons (Fsp3) is 0.200. The van der Waals surface area contributed by atoms with Crippen molar-refractivity contribution in [1.82, 2.24) is 9.97 Å². The number of carbonyl (C=O) groups excluding carboxylic acids is 1. The molecular formula is C20H17N5O. The van der Waals surface area contributed by atoms with Crippen LogP contribution in [0.25, 0.3) is 21.9 Å². The maximum atomic E-state index is 12.1. The second-order valence-corrected chi connectivity index (χ2v) is 6.61. The van der Waals surface area contributed by atoms with Crippen molar-refractivity contribution in [1.29, 1.82) is 5.26 Å². The first-order valence-corrected chi connectivity index (χ1v) is 8.37. The van der Waals surface area contributed by atoms with E-state index in [9.17, 15) is 4.79 Å². The highest BCUT2D eigenvalue weighted by atomic mass is 16.2. The zero-order valence-corrected chi connectivity index (χ0v) is 14.2. The monoisotopic (exact) mass is 343 g/mol. The Kier molecular flexibility index (Phi) is 3.77. The minimum Gasteiger partial charge on any atom is -0.398 e. The summed E-state index contributed by atoms with van der Waals surface area (Å²) < 4.78 is 0. The Hall–Kier alpha value is -3.46. The molecule has 1 saturated carbocycles. The topological polar surface area (TPSA) is 105 Å². The van der Waals surface area contributed by atoms with Gasteiger partial charge in [-0.15, -0.1) is 0 Å². The maximum absolute atomic E-state index is 12.1. The van der Waals surface area contributed by atoms with Crippen molar-refractivity contribution in [2.75, 3.05) is 11.1 Å². The fourth-order valence-electron chi connectivity index (χ4n) is 3.15. The quantitative estimate of drug-likeness (QED) is 0.710. The van der Waals surface area contributed by atoms with Crippen LogP contribution in [0.1, 0.15) is 12.0 Å². The van der Waals surface area contributed by atoms with Crippen LogP contribution in [-0.4, -0.2) is 15.9 Å². The molecule has 1 fully saturated rings. The zero-order chi connectivity index (χ0) is 18.3. The molecule has 1 aliphatic carbocycles. The second-order valence-electron chi connectivity index (χ2n) is 6.61. The Morgan fingerprint density at radius 1 is 1.35 bits per heavy atom. The summed E-state index contributed by atoms with van der Waals surface area (Å²) in [6.45, 7) is 2.00. The van der Waals surface area contributed by atoms with Gasteiger partial charge in [0.2, 0.25) is 5.91 Å². The van der Waals surface area contributed by atoms with Crippen molar-refractivity contribution in [2.45, 2.75) is 13.3 Å². The Balaban J connectivity index is 1.70. The van der Waals surface area contributed by atoms with Gasteiger partial charge in [0.1, 0.15) is 5.82 Å². The highest BCUT2D eigenvalue weighted by Gasteiger charge is 2.43. The summed E-state index contributed by atoms with van der Waals surface area (Å²) in [5.41, 5.74) is 9.95. The minimum atomic E-state index is -0.228. The summed E-state index contributed by atoms with van der Waals surface area (Å²) >= 11 is 0. The molecule has 1 aromatic carbocycles. The highest BCUT2D eigenvalue weighted by Crippen LogP contribution is 2.38. The van der Waals surface area contributed by atoms with Crippen LogP contribution in [0, 0.1) is 30.1 Å². The average Bonchev–Trinajstić information content (AvgIpc) is 3.42. The molecule has 4 rings (SSSR count). The SMILES string of the molecule is Cc1cnccc1-c1cc(N)c2cnc(NC(=O)[C@@H]3C[C@H]3C#N)cc2c1. The molecule has 0 radical (unpaired) electrons. The van der Waals surface area contributed by atoms with E-state index in [2.05, 4.69) is 21.4 Å². The molecule has 6 heteroatoms. The van der Waals surface area contributed by atoms with Crippen molar-refractivity contribution >= 4 is 28.2 Å². The Morgan fingerprint density at radius 2 is 2.19 bits per heavy atom. The molecule has 1 amide bonds. The molecule has 0 aliphatic heterocycles. The smallest absolute Gasteiger partial charge is 0.230 e. The number of pyridine rings is 2.